The summed E-state index contributed by atoms with van der Waals surface area (Å²) in [6.45, 7) is 4.87. The van der Waals surface area contributed by atoms with E-state index in [1.807, 2.05) is 0 Å². The molecule has 0 spiro atoms. The first-order valence-corrected chi connectivity index (χ1v) is 4.71. The fourth-order valence-electron chi connectivity index (χ4n) is 1.27. The molecule has 15 heavy (non-hydrogen) atoms. The molecule has 1 rings (SSSR count). The molecule has 0 fully saturated rings. The van der Waals surface area contributed by atoms with E-state index in [4.69, 9.17) is 11.5 Å². The summed E-state index contributed by atoms with van der Waals surface area (Å²) in [5.74, 6) is 0.161. The normalized spacial score (nSPS) is 9.20. The molecule has 0 saturated heterocycles. The average Bonchev–Trinajstić information content (AvgIpc) is 2.10. The van der Waals surface area contributed by atoms with Crippen LogP contribution in [0.2, 0.25) is 0 Å². The molecule has 0 radical (unpaired) electrons. The molecular formula is C11H18ClN3. The second-order valence-electron chi connectivity index (χ2n) is 3.48. The lowest BCUT2D eigenvalue weighted by Gasteiger charge is -2.03. The fourth-order valence-corrected chi connectivity index (χ4v) is 1.27. The number of nitrogens with two attached hydrogens (primary N) is 2. The van der Waals surface area contributed by atoms with Crippen LogP contribution in [0.5, 0.6) is 0 Å². The summed E-state index contributed by atoms with van der Waals surface area (Å²) in [6.07, 6.45) is 0.888. The summed E-state index contributed by atoms with van der Waals surface area (Å²) in [7, 11) is 0. The lowest BCUT2D eigenvalue weighted by atomic mass is 10.0. The maximum absolute atomic E-state index is 5.24. The van der Waals surface area contributed by atoms with Gasteiger partial charge in [0.05, 0.1) is 0 Å². The summed E-state index contributed by atoms with van der Waals surface area (Å²) in [5, 5.41) is 0. The first kappa shape index (κ1) is 13.8. The highest BCUT2D eigenvalue weighted by Gasteiger charge is 1.95. The number of guanidine groups is 1. The van der Waals surface area contributed by atoms with Crippen molar-refractivity contribution in [3.05, 3.63) is 34.9 Å². The number of halogens is 1. The van der Waals surface area contributed by atoms with Crippen molar-refractivity contribution < 1.29 is 0 Å². The Bertz CT molecular complexity index is 344. The lowest BCUT2D eigenvalue weighted by molar-refractivity contribution is 0.959. The Hall–Kier alpha value is -1.22. The minimum atomic E-state index is 0. The van der Waals surface area contributed by atoms with Gasteiger partial charge in [-0.05, 0) is 37.0 Å². The zero-order valence-electron chi connectivity index (χ0n) is 9.16. The van der Waals surface area contributed by atoms with Gasteiger partial charge in [0.2, 0.25) is 0 Å². The number of benzene rings is 1. The number of aryl methyl sites for hydroxylation is 2. The van der Waals surface area contributed by atoms with Gasteiger partial charge < -0.3 is 11.5 Å². The molecule has 1 aromatic carbocycles. The zero-order valence-corrected chi connectivity index (χ0v) is 9.97. The maximum Gasteiger partial charge on any atom is 0.185 e. The Balaban J connectivity index is 0.00000196. The number of nitrogens with zero attached hydrogens (tertiary/aromatic N) is 1. The third kappa shape index (κ3) is 4.70. The van der Waals surface area contributed by atoms with Gasteiger partial charge in [0.25, 0.3) is 0 Å². The van der Waals surface area contributed by atoms with Gasteiger partial charge in [-0.15, -0.1) is 12.4 Å². The highest BCUT2D eigenvalue weighted by molar-refractivity contribution is 5.85. The second kappa shape index (κ2) is 6.30. The van der Waals surface area contributed by atoms with E-state index in [1.165, 1.54) is 16.7 Å². The molecule has 0 saturated carbocycles. The van der Waals surface area contributed by atoms with E-state index in [-0.39, 0.29) is 18.4 Å². The van der Waals surface area contributed by atoms with E-state index < -0.39 is 0 Å². The minimum absolute atomic E-state index is 0. The Morgan fingerprint density at radius 1 is 1.20 bits per heavy atom. The molecule has 0 amide bonds. The minimum Gasteiger partial charge on any atom is -0.370 e. The molecule has 0 aliphatic heterocycles. The van der Waals surface area contributed by atoms with Crippen molar-refractivity contribution in [3.63, 3.8) is 0 Å². The molecule has 3 nitrogen and oxygen atoms in total. The van der Waals surface area contributed by atoms with E-state index in [1.54, 1.807) is 0 Å². The number of aliphatic imine (C=N–C) groups is 1. The first-order chi connectivity index (χ1) is 6.59. The molecular weight excluding hydrogens is 210 g/mol. The van der Waals surface area contributed by atoms with Crippen molar-refractivity contribution in [1.29, 1.82) is 0 Å². The van der Waals surface area contributed by atoms with E-state index >= 15 is 0 Å². The van der Waals surface area contributed by atoms with E-state index in [0.717, 1.165) is 6.42 Å². The van der Waals surface area contributed by atoms with Crippen LogP contribution in [0.15, 0.2) is 23.2 Å². The van der Waals surface area contributed by atoms with Crippen molar-refractivity contribution >= 4 is 18.4 Å². The van der Waals surface area contributed by atoms with Crippen LogP contribution in [0.4, 0.5) is 0 Å². The third-order valence-corrected chi connectivity index (χ3v) is 2.27. The predicted molar refractivity (Wildman–Crippen MR) is 67.5 cm³/mol. The zero-order chi connectivity index (χ0) is 10.6. The monoisotopic (exact) mass is 227 g/mol. The maximum atomic E-state index is 5.24. The molecule has 0 aromatic heterocycles. The van der Waals surface area contributed by atoms with Crippen LogP contribution in [0.25, 0.3) is 0 Å². The summed E-state index contributed by atoms with van der Waals surface area (Å²) in [4.78, 5) is 3.94. The second-order valence-corrected chi connectivity index (χ2v) is 3.48. The first-order valence-electron chi connectivity index (χ1n) is 4.71. The summed E-state index contributed by atoms with van der Waals surface area (Å²) in [6, 6.07) is 6.42. The van der Waals surface area contributed by atoms with Crippen LogP contribution in [0.1, 0.15) is 16.7 Å². The Kier molecular flexibility index (Phi) is 5.79. The van der Waals surface area contributed by atoms with Crippen molar-refractivity contribution in [1.82, 2.24) is 0 Å². The largest absolute Gasteiger partial charge is 0.370 e. The SMILES string of the molecule is Cc1ccc(CCN=C(N)N)cc1C.Cl. The summed E-state index contributed by atoms with van der Waals surface area (Å²) < 4.78 is 0. The van der Waals surface area contributed by atoms with Crippen LogP contribution in [0.3, 0.4) is 0 Å². The fraction of sp³-hybridized carbons (Fsp3) is 0.364. The van der Waals surface area contributed by atoms with Gasteiger partial charge in [-0.2, -0.15) is 0 Å². The smallest absolute Gasteiger partial charge is 0.185 e. The van der Waals surface area contributed by atoms with Gasteiger partial charge in [0.1, 0.15) is 0 Å². The van der Waals surface area contributed by atoms with Crippen molar-refractivity contribution in [2.24, 2.45) is 16.5 Å². The molecule has 0 aliphatic carbocycles. The molecule has 0 bridgehead atoms. The van der Waals surface area contributed by atoms with E-state index in [9.17, 15) is 0 Å². The van der Waals surface area contributed by atoms with Crippen molar-refractivity contribution in [2.75, 3.05) is 6.54 Å². The third-order valence-electron chi connectivity index (χ3n) is 2.27. The molecule has 4 heteroatoms. The van der Waals surface area contributed by atoms with Crippen molar-refractivity contribution in [2.45, 2.75) is 20.3 Å². The molecule has 0 unspecified atom stereocenters. The predicted octanol–water partition coefficient (Wildman–Crippen LogP) is 1.54. The van der Waals surface area contributed by atoms with Crippen LogP contribution < -0.4 is 11.5 Å². The molecule has 0 aliphatic rings. The van der Waals surface area contributed by atoms with Gasteiger partial charge in [-0.3, -0.25) is 4.99 Å². The average molecular weight is 228 g/mol. The number of rotatable bonds is 3. The van der Waals surface area contributed by atoms with Gasteiger partial charge in [0.15, 0.2) is 5.96 Å². The Labute approximate surface area is 97.0 Å². The van der Waals surface area contributed by atoms with Crippen LogP contribution in [0, 0.1) is 13.8 Å². The van der Waals surface area contributed by atoms with Gasteiger partial charge in [-0.1, -0.05) is 18.2 Å². The Morgan fingerprint density at radius 3 is 2.40 bits per heavy atom. The standard InChI is InChI=1S/C11H17N3.ClH/c1-8-3-4-10(7-9(8)2)5-6-14-11(12)13;/h3-4,7H,5-6H2,1-2H3,(H4,12,13,14);1H. The molecule has 84 valence electrons. The summed E-state index contributed by atoms with van der Waals surface area (Å²) in [5.41, 5.74) is 14.4. The Morgan fingerprint density at radius 2 is 1.87 bits per heavy atom. The lowest BCUT2D eigenvalue weighted by Crippen LogP contribution is -2.23. The molecule has 1 aromatic rings. The number of hydrogen-bond acceptors (Lipinski definition) is 1. The highest BCUT2D eigenvalue weighted by atomic mass is 35.5. The number of hydrogen-bond donors (Lipinski definition) is 2. The topological polar surface area (TPSA) is 64.4 Å². The van der Waals surface area contributed by atoms with Crippen molar-refractivity contribution in [3.8, 4) is 0 Å². The highest BCUT2D eigenvalue weighted by Crippen LogP contribution is 2.10. The molecule has 4 N–H and O–H groups in total. The quantitative estimate of drug-likeness (QED) is 0.608. The molecule has 0 atom stereocenters. The van der Waals surface area contributed by atoms with Gasteiger partial charge in [-0.25, -0.2) is 0 Å². The van der Waals surface area contributed by atoms with Crippen LogP contribution in [-0.4, -0.2) is 12.5 Å². The van der Waals surface area contributed by atoms with Gasteiger partial charge in [0, 0.05) is 6.54 Å². The van der Waals surface area contributed by atoms with E-state index in [2.05, 4.69) is 37.0 Å². The van der Waals surface area contributed by atoms with E-state index in [0.29, 0.717) is 6.54 Å². The van der Waals surface area contributed by atoms with Crippen LogP contribution in [-0.2, 0) is 6.42 Å². The molecule has 0 heterocycles. The summed E-state index contributed by atoms with van der Waals surface area (Å²) >= 11 is 0. The van der Waals surface area contributed by atoms with Crippen LogP contribution >= 0.6 is 12.4 Å². The van der Waals surface area contributed by atoms with Gasteiger partial charge >= 0.3 is 0 Å².